The minimum absolute atomic E-state index is 0.838. The average molecular weight is 292 g/mol. The fourth-order valence-electron chi connectivity index (χ4n) is 1.67. The lowest BCUT2D eigenvalue weighted by molar-refractivity contribution is 0.415. The molecule has 2 aromatic rings. The molecule has 0 aliphatic heterocycles. The fraction of sp³-hybridized carbons (Fsp3) is 0.214. The van der Waals surface area contributed by atoms with E-state index in [0.717, 1.165) is 28.0 Å². The molecule has 0 bridgehead atoms. The third kappa shape index (κ3) is 2.67. The number of halogens is 1. The number of pyridine rings is 1. The predicted octanol–water partition coefficient (Wildman–Crippen LogP) is 3.96. The lowest BCUT2D eigenvalue weighted by Crippen LogP contribution is -1.92. The van der Waals surface area contributed by atoms with Crippen LogP contribution in [0.15, 0.2) is 36.4 Å². The molecule has 0 saturated carbocycles. The van der Waals surface area contributed by atoms with E-state index in [4.69, 9.17) is 4.74 Å². The van der Waals surface area contributed by atoms with E-state index in [1.54, 1.807) is 7.11 Å². The van der Waals surface area contributed by atoms with E-state index in [-0.39, 0.29) is 0 Å². The van der Waals surface area contributed by atoms with Gasteiger partial charge in [0.15, 0.2) is 0 Å². The van der Waals surface area contributed by atoms with E-state index in [1.165, 1.54) is 5.56 Å². The molecule has 0 fully saturated rings. The first kappa shape index (κ1) is 12.1. The molecular formula is C14H14BrNO. The van der Waals surface area contributed by atoms with Crippen LogP contribution in [0.3, 0.4) is 0 Å². The van der Waals surface area contributed by atoms with Gasteiger partial charge in [0, 0.05) is 16.6 Å². The Labute approximate surface area is 110 Å². The summed E-state index contributed by atoms with van der Waals surface area (Å²) in [5, 5.41) is 0.838. The number of ether oxygens (including phenoxy) is 1. The molecule has 88 valence electrons. The van der Waals surface area contributed by atoms with E-state index in [9.17, 15) is 0 Å². The van der Waals surface area contributed by atoms with Crippen molar-refractivity contribution in [3.05, 3.63) is 47.7 Å². The quantitative estimate of drug-likeness (QED) is 0.799. The van der Waals surface area contributed by atoms with E-state index < -0.39 is 0 Å². The predicted molar refractivity (Wildman–Crippen MR) is 73.6 cm³/mol. The van der Waals surface area contributed by atoms with Crippen molar-refractivity contribution in [1.82, 2.24) is 4.98 Å². The summed E-state index contributed by atoms with van der Waals surface area (Å²) >= 11 is 3.45. The zero-order valence-corrected chi connectivity index (χ0v) is 11.5. The van der Waals surface area contributed by atoms with Crippen LogP contribution < -0.4 is 4.74 Å². The summed E-state index contributed by atoms with van der Waals surface area (Å²) in [7, 11) is 1.67. The van der Waals surface area contributed by atoms with Crippen LogP contribution in [0, 0.1) is 6.92 Å². The molecule has 3 heteroatoms. The summed E-state index contributed by atoms with van der Waals surface area (Å²) in [6, 6.07) is 12.1. The normalized spacial score (nSPS) is 10.3. The highest BCUT2D eigenvalue weighted by Crippen LogP contribution is 2.23. The fourth-order valence-corrected chi connectivity index (χ4v) is 2.27. The maximum Gasteiger partial charge on any atom is 0.119 e. The Morgan fingerprint density at radius 2 is 2.06 bits per heavy atom. The summed E-state index contributed by atoms with van der Waals surface area (Å²) in [4.78, 5) is 4.60. The molecule has 17 heavy (non-hydrogen) atoms. The lowest BCUT2D eigenvalue weighted by Gasteiger charge is -2.07. The highest BCUT2D eigenvalue weighted by molar-refractivity contribution is 9.08. The molecule has 0 atom stereocenters. The van der Waals surface area contributed by atoms with Crippen LogP contribution in [0.4, 0.5) is 0 Å². The van der Waals surface area contributed by atoms with Crippen molar-refractivity contribution in [3.63, 3.8) is 0 Å². The van der Waals surface area contributed by atoms with Gasteiger partial charge in [0.1, 0.15) is 5.75 Å². The van der Waals surface area contributed by atoms with Crippen molar-refractivity contribution in [3.8, 4) is 17.0 Å². The second-order valence-electron chi connectivity index (χ2n) is 3.81. The Hall–Kier alpha value is -1.35. The van der Waals surface area contributed by atoms with E-state index in [0.29, 0.717) is 0 Å². The van der Waals surface area contributed by atoms with Crippen molar-refractivity contribution in [2.45, 2.75) is 12.3 Å². The third-order valence-corrected chi connectivity index (χ3v) is 3.31. The average Bonchev–Trinajstić information content (AvgIpc) is 2.38. The number of hydrogen-bond acceptors (Lipinski definition) is 2. The van der Waals surface area contributed by atoms with E-state index >= 15 is 0 Å². The SMILES string of the molecule is COc1cccc(-c2ccc(CBr)c(C)n2)c1. The van der Waals surface area contributed by atoms with Crippen LogP contribution in [0.2, 0.25) is 0 Å². The second kappa shape index (κ2) is 5.32. The van der Waals surface area contributed by atoms with Gasteiger partial charge in [-0.1, -0.05) is 34.1 Å². The summed E-state index contributed by atoms with van der Waals surface area (Å²) in [6.07, 6.45) is 0. The molecule has 1 heterocycles. The lowest BCUT2D eigenvalue weighted by atomic mass is 10.1. The summed E-state index contributed by atoms with van der Waals surface area (Å²) < 4.78 is 5.22. The molecule has 0 saturated heterocycles. The number of alkyl halides is 1. The first-order chi connectivity index (χ1) is 8.24. The number of rotatable bonds is 3. The van der Waals surface area contributed by atoms with Gasteiger partial charge in [-0.2, -0.15) is 0 Å². The molecule has 0 spiro atoms. The van der Waals surface area contributed by atoms with Gasteiger partial charge in [-0.05, 0) is 30.7 Å². The van der Waals surface area contributed by atoms with Gasteiger partial charge in [-0.3, -0.25) is 4.98 Å². The Kier molecular flexibility index (Phi) is 3.79. The van der Waals surface area contributed by atoms with Crippen LogP contribution in [0.25, 0.3) is 11.3 Å². The highest BCUT2D eigenvalue weighted by Gasteiger charge is 2.04. The van der Waals surface area contributed by atoms with Crippen molar-refractivity contribution < 1.29 is 4.74 Å². The molecule has 2 nitrogen and oxygen atoms in total. The largest absolute Gasteiger partial charge is 0.497 e. The minimum atomic E-state index is 0.838. The van der Waals surface area contributed by atoms with Crippen LogP contribution in [0.5, 0.6) is 5.75 Å². The van der Waals surface area contributed by atoms with Crippen LogP contribution in [-0.4, -0.2) is 12.1 Å². The van der Waals surface area contributed by atoms with E-state index in [1.807, 2.05) is 37.3 Å². The molecular weight excluding hydrogens is 278 g/mol. The Balaban J connectivity index is 2.42. The Morgan fingerprint density at radius 3 is 2.71 bits per heavy atom. The standard InChI is InChI=1S/C14H14BrNO/c1-10-12(9-15)6-7-14(16-10)11-4-3-5-13(8-11)17-2/h3-8H,9H2,1-2H3. The molecule has 2 rings (SSSR count). The molecule has 0 radical (unpaired) electrons. The maximum absolute atomic E-state index is 5.22. The Morgan fingerprint density at radius 1 is 1.24 bits per heavy atom. The monoisotopic (exact) mass is 291 g/mol. The van der Waals surface area contributed by atoms with Crippen molar-refractivity contribution >= 4 is 15.9 Å². The number of nitrogens with zero attached hydrogens (tertiary/aromatic N) is 1. The number of methoxy groups -OCH3 is 1. The first-order valence-electron chi connectivity index (χ1n) is 5.41. The van der Waals surface area contributed by atoms with Crippen LogP contribution >= 0.6 is 15.9 Å². The van der Waals surface area contributed by atoms with Gasteiger partial charge >= 0.3 is 0 Å². The molecule has 1 aromatic carbocycles. The zero-order valence-electron chi connectivity index (χ0n) is 9.90. The van der Waals surface area contributed by atoms with Gasteiger partial charge in [-0.25, -0.2) is 0 Å². The molecule has 0 unspecified atom stereocenters. The number of benzene rings is 1. The van der Waals surface area contributed by atoms with Gasteiger partial charge < -0.3 is 4.74 Å². The van der Waals surface area contributed by atoms with Crippen LogP contribution in [0.1, 0.15) is 11.3 Å². The Bertz CT molecular complexity index is 525. The summed E-state index contributed by atoms with van der Waals surface area (Å²) in [5.41, 5.74) is 4.33. The van der Waals surface area contributed by atoms with Gasteiger partial charge in [0.2, 0.25) is 0 Å². The second-order valence-corrected chi connectivity index (χ2v) is 4.37. The topological polar surface area (TPSA) is 22.1 Å². The van der Waals surface area contributed by atoms with Crippen LogP contribution in [-0.2, 0) is 5.33 Å². The van der Waals surface area contributed by atoms with E-state index in [2.05, 4.69) is 27.0 Å². The summed E-state index contributed by atoms with van der Waals surface area (Å²) in [6.45, 7) is 2.03. The molecule has 1 aromatic heterocycles. The molecule has 0 N–H and O–H groups in total. The minimum Gasteiger partial charge on any atom is -0.497 e. The van der Waals surface area contributed by atoms with Crippen molar-refractivity contribution in [2.24, 2.45) is 0 Å². The van der Waals surface area contributed by atoms with Crippen molar-refractivity contribution in [2.75, 3.05) is 7.11 Å². The zero-order chi connectivity index (χ0) is 12.3. The smallest absolute Gasteiger partial charge is 0.119 e. The molecule has 0 aliphatic carbocycles. The van der Waals surface area contributed by atoms with Gasteiger partial charge in [0.25, 0.3) is 0 Å². The summed E-state index contributed by atoms with van der Waals surface area (Å²) in [5.74, 6) is 0.853. The third-order valence-electron chi connectivity index (χ3n) is 2.70. The maximum atomic E-state index is 5.22. The number of aryl methyl sites for hydroxylation is 1. The molecule has 0 amide bonds. The molecule has 0 aliphatic rings. The van der Waals surface area contributed by atoms with Gasteiger partial charge in [-0.15, -0.1) is 0 Å². The van der Waals surface area contributed by atoms with Gasteiger partial charge in [0.05, 0.1) is 12.8 Å². The van der Waals surface area contributed by atoms with Crippen molar-refractivity contribution in [1.29, 1.82) is 0 Å². The highest BCUT2D eigenvalue weighted by atomic mass is 79.9. The number of aromatic nitrogens is 1. The number of hydrogen-bond donors (Lipinski definition) is 0. The first-order valence-corrected chi connectivity index (χ1v) is 6.53.